The highest BCUT2D eigenvalue weighted by Crippen LogP contribution is 2.28. The number of carbonyl (C=O) groups is 3. The number of carbonyl (C=O) groups excluding carboxylic acids is 3. The van der Waals surface area contributed by atoms with Crippen molar-refractivity contribution in [3.63, 3.8) is 0 Å². The van der Waals surface area contributed by atoms with Crippen LogP contribution in [0.15, 0.2) is 24.3 Å². The summed E-state index contributed by atoms with van der Waals surface area (Å²) in [7, 11) is 0. The third-order valence-corrected chi connectivity index (χ3v) is 3.19. The molecule has 0 atom stereocenters. The molecule has 21 heavy (non-hydrogen) atoms. The molecule has 0 aromatic heterocycles. The number of anilines is 1. The molecule has 0 heterocycles. The van der Waals surface area contributed by atoms with Crippen molar-refractivity contribution in [3.05, 3.63) is 29.8 Å². The van der Waals surface area contributed by atoms with E-state index in [4.69, 9.17) is 0 Å². The average Bonchev–Trinajstić information content (AvgIpc) is 3.29. The van der Waals surface area contributed by atoms with Crippen LogP contribution in [0.25, 0.3) is 0 Å². The molecule has 0 radical (unpaired) electrons. The molecule has 0 aliphatic heterocycles. The van der Waals surface area contributed by atoms with Gasteiger partial charge < -0.3 is 5.32 Å². The lowest BCUT2D eigenvalue weighted by atomic mass is 10.1. The molecule has 6 nitrogen and oxygen atoms in total. The molecule has 1 aromatic carbocycles. The molecule has 3 amide bonds. The molecule has 1 aromatic rings. The predicted molar refractivity (Wildman–Crippen MR) is 78.2 cm³/mol. The molecule has 6 heteroatoms. The number of amides is 3. The molecule has 1 aliphatic rings. The van der Waals surface area contributed by atoms with Gasteiger partial charge in [0.1, 0.15) is 0 Å². The number of rotatable bonds is 4. The van der Waals surface area contributed by atoms with Crippen LogP contribution in [-0.4, -0.2) is 17.7 Å². The van der Waals surface area contributed by atoms with Crippen LogP contribution in [0.5, 0.6) is 0 Å². The van der Waals surface area contributed by atoms with Crippen LogP contribution in [-0.2, 0) is 9.59 Å². The molecular formula is C15H19N3O3. The van der Waals surface area contributed by atoms with Crippen molar-refractivity contribution in [2.24, 2.45) is 11.8 Å². The monoisotopic (exact) mass is 289 g/mol. The van der Waals surface area contributed by atoms with E-state index in [9.17, 15) is 14.4 Å². The molecular weight excluding hydrogens is 270 g/mol. The van der Waals surface area contributed by atoms with E-state index in [2.05, 4.69) is 16.2 Å². The number of hydrogen-bond donors (Lipinski definition) is 3. The minimum absolute atomic E-state index is 0.0407. The first kappa shape index (κ1) is 15.0. The Morgan fingerprint density at radius 1 is 1.05 bits per heavy atom. The largest absolute Gasteiger partial charge is 0.326 e. The summed E-state index contributed by atoms with van der Waals surface area (Å²) in [6.45, 7) is 3.61. The second-order valence-corrected chi connectivity index (χ2v) is 5.44. The molecule has 0 bridgehead atoms. The summed E-state index contributed by atoms with van der Waals surface area (Å²) in [6, 6.07) is 6.49. The maximum Gasteiger partial charge on any atom is 0.269 e. The fraction of sp³-hybridized carbons (Fsp3) is 0.400. The Balaban J connectivity index is 1.87. The van der Waals surface area contributed by atoms with E-state index in [1.165, 1.54) is 0 Å². The second kappa shape index (κ2) is 6.39. The predicted octanol–water partition coefficient (Wildman–Crippen LogP) is 1.45. The van der Waals surface area contributed by atoms with Crippen molar-refractivity contribution < 1.29 is 14.4 Å². The van der Waals surface area contributed by atoms with E-state index in [1.807, 2.05) is 0 Å². The van der Waals surface area contributed by atoms with Crippen LogP contribution in [0.2, 0.25) is 0 Å². The third-order valence-electron chi connectivity index (χ3n) is 3.19. The highest BCUT2D eigenvalue weighted by atomic mass is 16.2. The molecule has 0 unspecified atom stereocenters. The lowest BCUT2D eigenvalue weighted by molar-refractivity contribution is -0.123. The maximum absolute atomic E-state index is 11.8. The van der Waals surface area contributed by atoms with Gasteiger partial charge in [0, 0.05) is 23.1 Å². The first-order valence-electron chi connectivity index (χ1n) is 6.98. The standard InChI is InChI=1S/C15H19N3O3/c1-9(2)13(19)16-12-7-5-11(6-8-12)15(21)18-17-14(20)10-3-4-10/h5-10H,3-4H2,1-2H3,(H,16,19)(H,17,20)(H,18,21). The Morgan fingerprint density at radius 3 is 2.19 bits per heavy atom. The quantitative estimate of drug-likeness (QED) is 0.733. The van der Waals surface area contributed by atoms with Crippen molar-refractivity contribution in [1.82, 2.24) is 10.9 Å². The number of hydrogen-bond acceptors (Lipinski definition) is 3. The van der Waals surface area contributed by atoms with Gasteiger partial charge in [0.15, 0.2) is 0 Å². The summed E-state index contributed by atoms with van der Waals surface area (Å²) in [5.74, 6) is -0.677. The summed E-state index contributed by atoms with van der Waals surface area (Å²) < 4.78 is 0. The van der Waals surface area contributed by atoms with Gasteiger partial charge in [-0.15, -0.1) is 0 Å². The number of nitrogens with one attached hydrogen (secondary N) is 3. The molecule has 2 rings (SSSR count). The lowest BCUT2D eigenvalue weighted by Crippen LogP contribution is -2.42. The Kier molecular flexibility index (Phi) is 4.57. The van der Waals surface area contributed by atoms with Gasteiger partial charge in [-0.25, -0.2) is 0 Å². The summed E-state index contributed by atoms with van der Waals surface area (Å²) in [4.78, 5) is 34.8. The van der Waals surface area contributed by atoms with Crippen molar-refractivity contribution in [3.8, 4) is 0 Å². The van der Waals surface area contributed by atoms with Crippen LogP contribution < -0.4 is 16.2 Å². The van der Waals surface area contributed by atoms with Crippen LogP contribution in [0.3, 0.4) is 0 Å². The SMILES string of the molecule is CC(C)C(=O)Nc1ccc(C(=O)NNC(=O)C2CC2)cc1. The zero-order valence-electron chi connectivity index (χ0n) is 12.1. The van der Waals surface area contributed by atoms with E-state index < -0.39 is 0 Å². The molecule has 3 N–H and O–H groups in total. The molecule has 1 saturated carbocycles. The van der Waals surface area contributed by atoms with Gasteiger partial charge in [-0.2, -0.15) is 0 Å². The van der Waals surface area contributed by atoms with Gasteiger partial charge in [-0.05, 0) is 37.1 Å². The van der Waals surface area contributed by atoms with Crippen LogP contribution in [0, 0.1) is 11.8 Å². The van der Waals surface area contributed by atoms with Crippen molar-refractivity contribution in [2.75, 3.05) is 5.32 Å². The Hall–Kier alpha value is -2.37. The van der Waals surface area contributed by atoms with Crippen LogP contribution >= 0.6 is 0 Å². The Bertz CT molecular complexity index is 548. The first-order valence-corrected chi connectivity index (χ1v) is 6.98. The topological polar surface area (TPSA) is 87.3 Å². The van der Waals surface area contributed by atoms with E-state index in [1.54, 1.807) is 38.1 Å². The van der Waals surface area contributed by atoms with E-state index in [-0.39, 0.29) is 29.6 Å². The van der Waals surface area contributed by atoms with E-state index >= 15 is 0 Å². The first-order chi connectivity index (χ1) is 9.97. The van der Waals surface area contributed by atoms with E-state index in [0.717, 1.165) is 12.8 Å². The van der Waals surface area contributed by atoms with E-state index in [0.29, 0.717) is 11.3 Å². The fourth-order valence-electron chi connectivity index (χ4n) is 1.63. The molecule has 1 aliphatic carbocycles. The van der Waals surface area contributed by atoms with Gasteiger partial charge in [0.2, 0.25) is 11.8 Å². The normalized spacial score (nSPS) is 13.7. The van der Waals surface area contributed by atoms with Crippen LogP contribution in [0.1, 0.15) is 37.0 Å². The van der Waals surface area contributed by atoms with Gasteiger partial charge in [-0.3, -0.25) is 25.2 Å². The van der Waals surface area contributed by atoms with Gasteiger partial charge in [0.05, 0.1) is 0 Å². The summed E-state index contributed by atoms with van der Waals surface area (Å²) in [5, 5.41) is 2.74. The second-order valence-electron chi connectivity index (χ2n) is 5.44. The van der Waals surface area contributed by atoms with Gasteiger partial charge in [0.25, 0.3) is 5.91 Å². The zero-order valence-corrected chi connectivity index (χ0v) is 12.1. The Morgan fingerprint density at radius 2 is 1.67 bits per heavy atom. The average molecular weight is 289 g/mol. The zero-order chi connectivity index (χ0) is 15.4. The highest BCUT2D eigenvalue weighted by molar-refractivity contribution is 5.97. The number of hydrazine groups is 1. The molecule has 112 valence electrons. The summed E-state index contributed by atoms with van der Waals surface area (Å²) in [6.07, 6.45) is 1.76. The molecule has 1 fully saturated rings. The van der Waals surface area contributed by atoms with Crippen molar-refractivity contribution in [2.45, 2.75) is 26.7 Å². The van der Waals surface area contributed by atoms with Crippen LogP contribution in [0.4, 0.5) is 5.69 Å². The molecule has 0 spiro atoms. The Labute approximate surface area is 123 Å². The maximum atomic E-state index is 11.8. The van der Waals surface area contributed by atoms with Gasteiger partial charge >= 0.3 is 0 Å². The van der Waals surface area contributed by atoms with Crippen molar-refractivity contribution >= 4 is 23.4 Å². The summed E-state index contributed by atoms with van der Waals surface area (Å²) >= 11 is 0. The van der Waals surface area contributed by atoms with Crippen molar-refractivity contribution in [1.29, 1.82) is 0 Å². The number of benzene rings is 1. The summed E-state index contributed by atoms with van der Waals surface area (Å²) in [5.41, 5.74) is 5.81. The fourth-order valence-corrected chi connectivity index (χ4v) is 1.63. The third kappa shape index (κ3) is 4.30. The lowest BCUT2D eigenvalue weighted by Gasteiger charge is -2.09. The van der Waals surface area contributed by atoms with Gasteiger partial charge in [-0.1, -0.05) is 13.8 Å². The minimum Gasteiger partial charge on any atom is -0.326 e. The minimum atomic E-state index is -0.384. The smallest absolute Gasteiger partial charge is 0.269 e. The highest BCUT2D eigenvalue weighted by Gasteiger charge is 2.29. The molecule has 0 saturated heterocycles.